The molecule has 0 amide bonds. The van der Waals surface area contributed by atoms with E-state index in [1.165, 1.54) is 44.2 Å². The summed E-state index contributed by atoms with van der Waals surface area (Å²) in [4.78, 5) is 2.35. The number of hydrogen-bond acceptors (Lipinski definition) is 2. The molecular formula is C58H39NO. The molecule has 0 aliphatic carbocycles. The van der Waals surface area contributed by atoms with Gasteiger partial charge in [0.15, 0.2) is 0 Å². The molecule has 0 saturated heterocycles. The SMILES string of the molecule is c1ccc(-c2cccc(-c3ccc(N(c4ccc(-c5ccc6oc7c(-c8ccccc8)cccc7c6c5)cc4)c4ccc(-c5cccc6ccccc56)cc4)cc3)c2)cc1. The Morgan fingerprint density at radius 2 is 0.700 bits per heavy atom. The highest BCUT2D eigenvalue weighted by Gasteiger charge is 2.16. The van der Waals surface area contributed by atoms with Crippen LogP contribution in [0.15, 0.2) is 241 Å². The second-order valence-corrected chi connectivity index (χ2v) is 15.3. The number of benzene rings is 10. The van der Waals surface area contributed by atoms with Crippen LogP contribution in [-0.4, -0.2) is 0 Å². The minimum atomic E-state index is 0.891. The van der Waals surface area contributed by atoms with Gasteiger partial charge in [0.2, 0.25) is 0 Å². The topological polar surface area (TPSA) is 16.4 Å². The van der Waals surface area contributed by atoms with Gasteiger partial charge in [-0.1, -0.05) is 182 Å². The van der Waals surface area contributed by atoms with Crippen molar-refractivity contribution in [1.29, 1.82) is 0 Å². The summed E-state index contributed by atoms with van der Waals surface area (Å²) in [7, 11) is 0. The molecule has 0 radical (unpaired) electrons. The second kappa shape index (κ2) is 15.1. The first kappa shape index (κ1) is 35.2. The summed E-state index contributed by atoms with van der Waals surface area (Å²) in [5.41, 5.74) is 16.8. The molecule has 0 saturated carbocycles. The lowest BCUT2D eigenvalue weighted by molar-refractivity contribution is 0.670. The van der Waals surface area contributed by atoms with Crippen LogP contribution in [0, 0.1) is 0 Å². The maximum atomic E-state index is 6.49. The Balaban J connectivity index is 0.960. The first-order valence-electron chi connectivity index (χ1n) is 20.5. The maximum Gasteiger partial charge on any atom is 0.143 e. The minimum Gasteiger partial charge on any atom is -0.455 e. The van der Waals surface area contributed by atoms with Gasteiger partial charge in [0.1, 0.15) is 11.2 Å². The molecule has 11 rings (SSSR count). The van der Waals surface area contributed by atoms with E-state index >= 15 is 0 Å². The molecule has 282 valence electrons. The van der Waals surface area contributed by atoms with Crippen molar-refractivity contribution in [2.24, 2.45) is 0 Å². The predicted octanol–water partition coefficient (Wildman–Crippen LogP) is 16.5. The largest absolute Gasteiger partial charge is 0.455 e. The van der Waals surface area contributed by atoms with Gasteiger partial charge in [0.05, 0.1) is 0 Å². The van der Waals surface area contributed by atoms with Gasteiger partial charge in [-0.05, 0) is 115 Å². The van der Waals surface area contributed by atoms with Crippen LogP contribution in [0.1, 0.15) is 0 Å². The van der Waals surface area contributed by atoms with Crippen molar-refractivity contribution in [3.63, 3.8) is 0 Å². The monoisotopic (exact) mass is 765 g/mol. The Kier molecular flexibility index (Phi) is 8.87. The highest BCUT2D eigenvalue weighted by molar-refractivity contribution is 6.10. The molecule has 60 heavy (non-hydrogen) atoms. The van der Waals surface area contributed by atoms with Gasteiger partial charge in [-0.25, -0.2) is 0 Å². The van der Waals surface area contributed by atoms with Crippen molar-refractivity contribution >= 4 is 49.8 Å². The Morgan fingerprint density at radius 3 is 1.37 bits per heavy atom. The second-order valence-electron chi connectivity index (χ2n) is 15.3. The van der Waals surface area contributed by atoms with E-state index < -0.39 is 0 Å². The molecular weight excluding hydrogens is 727 g/mol. The smallest absolute Gasteiger partial charge is 0.143 e. The zero-order valence-corrected chi connectivity index (χ0v) is 32.9. The molecule has 2 heteroatoms. The van der Waals surface area contributed by atoms with E-state index in [0.29, 0.717) is 0 Å². The maximum absolute atomic E-state index is 6.49. The normalized spacial score (nSPS) is 11.3. The molecule has 0 unspecified atom stereocenters. The number of nitrogens with zero attached hydrogens (tertiary/aromatic N) is 1. The van der Waals surface area contributed by atoms with Crippen LogP contribution in [-0.2, 0) is 0 Å². The Labute approximate surface area is 349 Å². The highest BCUT2D eigenvalue weighted by Crippen LogP contribution is 2.41. The molecule has 0 spiro atoms. The van der Waals surface area contributed by atoms with Gasteiger partial charge in [-0.3, -0.25) is 0 Å². The van der Waals surface area contributed by atoms with Gasteiger partial charge in [0.25, 0.3) is 0 Å². The van der Waals surface area contributed by atoms with Gasteiger partial charge in [0, 0.05) is 33.4 Å². The Morgan fingerprint density at radius 1 is 0.267 bits per heavy atom. The van der Waals surface area contributed by atoms with E-state index in [-0.39, 0.29) is 0 Å². The van der Waals surface area contributed by atoms with Crippen molar-refractivity contribution in [2.75, 3.05) is 4.90 Å². The number of hydrogen-bond donors (Lipinski definition) is 0. The van der Waals surface area contributed by atoms with Crippen LogP contribution in [0.4, 0.5) is 17.1 Å². The lowest BCUT2D eigenvalue weighted by atomic mass is 9.97. The standard InChI is InChI=1S/C58H39NO/c1-3-12-40(13-4-1)46-18-9-19-47(38-46)41-24-31-49(32-25-41)59(51-35-28-45(29-36-51)53-21-10-17-43-16-7-8-20-52(43)53)50-33-26-42(27-34-50)48-30-37-57-56(39-48)55-23-11-22-54(58(55)60-57)44-14-5-2-6-15-44/h1-39H. The number of anilines is 3. The van der Waals surface area contributed by atoms with Crippen molar-refractivity contribution in [3.05, 3.63) is 237 Å². The lowest BCUT2D eigenvalue weighted by Gasteiger charge is -2.26. The predicted molar refractivity (Wildman–Crippen MR) is 253 cm³/mol. The molecule has 0 atom stereocenters. The summed E-state index contributed by atoms with van der Waals surface area (Å²) < 4.78 is 6.49. The quantitative estimate of drug-likeness (QED) is 0.153. The molecule has 1 heterocycles. The first-order chi connectivity index (χ1) is 29.7. The summed E-state index contributed by atoms with van der Waals surface area (Å²) in [5, 5.41) is 4.74. The summed E-state index contributed by atoms with van der Waals surface area (Å²) >= 11 is 0. The van der Waals surface area contributed by atoms with E-state index in [2.05, 4.69) is 235 Å². The Hall–Kier alpha value is -7.94. The van der Waals surface area contributed by atoms with Gasteiger partial charge < -0.3 is 9.32 Å². The van der Waals surface area contributed by atoms with Crippen molar-refractivity contribution < 1.29 is 4.42 Å². The first-order valence-corrected chi connectivity index (χ1v) is 20.5. The summed E-state index contributed by atoms with van der Waals surface area (Å²) in [5.74, 6) is 0. The molecule has 11 aromatic rings. The number of fused-ring (bicyclic) bond motifs is 4. The number of rotatable bonds is 8. The van der Waals surface area contributed by atoms with E-state index in [4.69, 9.17) is 4.42 Å². The molecule has 2 nitrogen and oxygen atoms in total. The fourth-order valence-electron chi connectivity index (χ4n) is 8.65. The van der Waals surface area contributed by atoms with Crippen molar-refractivity contribution in [2.45, 2.75) is 0 Å². The summed E-state index contributed by atoms with van der Waals surface area (Å²) in [6.07, 6.45) is 0. The molecule has 0 aliphatic heterocycles. The van der Waals surface area contributed by atoms with Crippen LogP contribution in [0.5, 0.6) is 0 Å². The third-order valence-electron chi connectivity index (χ3n) is 11.7. The van der Waals surface area contributed by atoms with Crippen molar-refractivity contribution in [1.82, 2.24) is 0 Å². The average molecular weight is 766 g/mol. The summed E-state index contributed by atoms with van der Waals surface area (Å²) in [6.45, 7) is 0. The van der Waals surface area contributed by atoms with Crippen LogP contribution in [0.2, 0.25) is 0 Å². The third-order valence-corrected chi connectivity index (χ3v) is 11.7. The molecule has 0 fully saturated rings. The molecule has 1 aromatic heterocycles. The van der Waals surface area contributed by atoms with E-state index in [9.17, 15) is 0 Å². The van der Waals surface area contributed by atoms with Gasteiger partial charge in [-0.2, -0.15) is 0 Å². The van der Waals surface area contributed by atoms with Crippen LogP contribution < -0.4 is 4.90 Å². The van der Waals surface area contributed by atoms with Crippen LogP contribution in [0.25, 0.3) is 88.3 Å². The lowest BCUT2D eigenvalue weighted by Crippen LogP contribution is -2.09. The van der Waals surface area contributed by atoms with E-state index in [0.717, 1.165) is 61.3 Å². The average Bonchev–Trinajstić information content (AvgIpc) is 3.71. The van der Waals surface area contributed by atoms with Crippen molar-refractivity contribution in [3.8, 4) is 55.6 Å². The fourth-order valence-corrected chi connectivity index (χ4v) is 8.65. The molecule has 0 N–H and O–H groups in total. The molecule has 10 aromatic carbocycles. The zero-order chi connectivity index (χ0) is 39.8. The van der Waals surface area contributed by atoms with Gasteiger partial charge >= 0.3 is 0 Å². The van der Waals surface area contributed by atoms with Crippen LogP contribution >= 0.6 is 0 Å². The number of para-hydroxylation sites is 1. The van der Waals surface area contributed by atoms with Gasteiger partial charge in [-0.15, -0.1) is 0 Å². The highest BCUT2D eigenvalue weighted by atomic mass is 16.3. The van der Waals surface area contributed by atoms with Crippen LogP contribution in [0.3, 0.4) is 0 Å². The molecule has 0 bridgehead atoms. The fraction of sp³-hybridized carbons (Fsp3) is 0. The zero-order valence-electron chi connectivity index (χ0n) is 32.9. The minimum absolute atomic E-state index is 0.891. The molecule has 0 aliphatic rings. The number of furan rings is 1. The summed E-state index contributed by atoms with van der Waals surface area (Å²) in [6, 6.07) is 84.8. The van der Waals surface area contributed by atoms with E-state index in [1.807, 2.05) is 6.07 Å². The third kappa shape index (κ3) is 6.51. The Bertz CT molecular complexity index is 3270. The van der Waals surface area contributed by atoms with E-state index in [1.54, 1.807) is 0 Å².